The van der Waals surface area contributed by atoms with Crippen molar-refractivity contribution < 1.29 is 19.5 Å². The summed E-state index contributed by atoms with van der Waals surface area (Å²) < 4.78 is 0. The fraction of sp³-hybridized carbons (Fsp3) is 0.400. The second-order valence-electron chi connectivity index (χ2n) is 5.11. The van der Waals surface area contributed by atoms with Gasteiger partial charge in [-0.3, -0.25) is 14.4 Å². The first-order chi connectivity index (χ1) is 9.90. The van der Waals surface area contributed by atoms with Crippen LogP contribution in [0.25, 0.3) is 0 Å². The minimum Gasteiger partial charge on any atom is -0.480 e. The van der Waals surface area contributed by atoms with Gasteiger partial charge in [0.1, 0.15) is 6.54 Å². The SMILES string of the molecule is CC(C)CN(CC(=O)O)C(=O)CNC(=O)c1ccccc1. The van der Waals surface area contributed by atoms with Gasteiger partial charge in [-0.1, -0.05) is 32.0 Å². The van der Waals surface area contributed by atoms with Gasteiger partial charge in [0.25, 0.3) is 5.91 Å². The number of carboxylic acid groups (broad SMARTS) is 1. The topological polar surface area (TPSA) is 86.7 Å². The summed E-state index contributed by atoms with van der Waals surface area (Å²) in [4.78, 5) is 35.8. The quantitative estimate of drug-likeness (QED) is 0.784. The van der Waals surface area contributed by atoms with Crippen LogP contribution in [-0.4, -0.2) is 47.4 Å². The lowest BCUT2D eigenvalue weighted by Crippen LogP contribution is -2.44. The number of benzene rings is 1. The fourth-order valence-corrected chi connectivity index (χ4v) is 1.82. The summed E-state index contributed by atoms with van der Waals surface area (Å²) in [5.41, 5.74) is 0.457. The highest BCUT2D eigenvalue weighted by Crippen LogP contribution is 2.00. The number of hydrogen-bond acceptors (Lipinski definition) is 3. The third-order valence-electron chi connectivity index (χ3n) is 2.70. The molecular weight excluding hydrogens is 272 g/mol. The number of aliphatic carboxylic acids is 1. The molecule has 0 aliphatic rings. The molecule has 0 saturated heterocycles. The first kappa shape index (κ1) is 16.7. The molecule has 0 atom stereocenters. The lowest BCUT2D eigenvalue weighted by molar-refractivity contribution is -0.144. The van der Waals surface area contributed by atoms with Gasteiger partial charge in [-0.2, -0.15) is 0 Å². The number of carbonyl (C=O) groups is 3. The maximum Gasteiger partial charge on any atom is 0.323 e. The molecule has 0 unspecified atom stereocenters. The van der Waals surface area contributed by atoms with Crippen molar-refractivity contribution >= 4 is 17.8 Å². The van der Waals surface area contributed by atoms with Crippen LogP contribution in [-0.2, 0) is 9.59 Å². The molecule has 6 heteroatoms. The van der Waals surface area contributed by atoms with Gasteiger partial charge in [0.05, 0.1) is 6.54 Å². The molecule has 0 spiro atoms. The first-order valence-corrected chi connectivity index (χ1v) is 6.73. The highest BCUT2D eigenvalue weighted by atomic mass is 16.4. The monoisotopic (exact) mass is 292 g/mol. The second-order valence-corrected chi connectivity index (χ2v) is 5.11. The van der Waals surface area contributed by atoms with E-state index in [4.69, 9.17) is 5.11 Å². The highest BCUT2D eigenvalue weighted by Gasteiger charge is 2.18. The zero-order valence-electron chi connectivity index (χ0n) is 12.2. The number of rotatable bonds is 7. The summed E-state index contributed by atoms with van der Waals surface area (Å²) in [6, 6.07) is 8.53. The molecular formula is C15H20N2O4. The van der Waals surface area contributed by atoms with Gasteiger partial charge in [-0.15, -0.1) is 0 Å². The Morgan fingerprint density at radius 3 is 2.33 bits per heavy atom. The molecule has 6 nitrogen and oxygen atoms in total. The minimum atomic E-state index is -1.07. The van der Waals surface area contributed by atoms with E-state index in [0.717, 1.165) is 0 Å². The van der Waals surface area contributed by atoms with Crippen LogP contribution in [0.1, 0.15) is 24.2 Å². The molecule has 114 valence electrons. The summed E-state index contributed by atoms with van der Waals surface area (Å²) in [6.07, 6.45) is 0. The number of nitrogens with zero attached hydrogens (tertiary/aromatic N) is 1. The minimum absolute atomic E-state index is 0.151. The molecule has 0 radical (unpaired) electrons. The van der Waals surface area contributed by atoms with Crippen molar-refractivity contribution in [2.24, 2.45) is 5.92 Å². The van der Waals surface area contributed by atoms with E-state index in [9.17, 15) is 14.4 Å². The fourth-order valence-electron chi connectivity index (χ4n) is 1.82. The Kier molecular flexibility index (Phi) is 6.39. The van der Waals surface area contributed by atoms with E-state index in [1.807, 2.05) is 13.8 Å². The van der Waals surface area contributed by atoms with Crippen molar-refractivity contribution in [2.45, 2.75) is 13.8 Å². The average molecular weight is 292 g/mol. The third-order valence-corrected chi connectivity index (χ3v) is 2.70. The van der Waals surface area contributed by atoms with Crippen LogP contribution in [0, 0.1) is 5.92 Å². The summed E-state index contributed by atoms with van der Waals surface area (Å²) in [7, 11) is 0. The van der Waals surface area contributed by atoms with Gasteiger partial charge >= 0.3 is 5.97 Å². The number of carbonyl (C=O) groups excluding carboxylic acids is 2. The van der Waals surface area contributed by atoms with Crippen molar-refractivity contribution in [3.05, 3.63) is 35.9 Å². The van der Waals surface area contributed by atoms with E-state index in [-0.39, 0.29) is 24.9 Å². The van der Waals surface area contributed by atoms with Crippen LogP contribution < -0.4 is 5.32 Å². The Morgan fingerprint density at radius 1 is 1.19 bits per heavy atom. The average Bonchev–Trinajstić information content (AvgIpc) is 2.43. The Labute approximate surface area is 123 Å². The van der Waals surface area contributed by atoms with Crippen molar-refractivity contribution in [3.8, 4) is 0 Å². The smallest absolute Gasteiger partial charge is 0.323 e. The Bertz CT molecular complexity index is 500. The largest absolute Gasteiger partial charge is 0.480 e. The number of hydrogen-bond donors (Lipinski definition) is 2. The van der Waals surface area contributed by atoms with E-state index >= 15 is 0 Å². The Hall–Kier alpha value is -2.37. The van der Waals surface area contributed by atoms with Crippen LogP contribution in [0.2, 0.25) is 0 Å². The lowest BCUT2D eigenvalue weighted by atomic mass is 10.2. The van der Waals surface area contributed by atoms with Crippen molar-refractivity contribution in [3.63, 3.8) is 0 Å². The number of nitrogens with one attached hydrogen (secondary N) is 1. The predicted molar refractivity (Wildman–Crippen MR) is 77.8 cm³/mol. The van der Waals surface area contributed by atoms with Gasteiger partial charge in [0, 0.05) is 12.1 Å². The zero-order valence-corrected chi connectivity index (χ0v) is 12.2. The zero-order chi connectivity index (χ0) is 15.8. The number of amides is 2. The van der Waals surface area contributed by atoms with Crippen LogP contribution in [0.5, 0.6) is 0 Å². The maximum absolute atomic E-state index is 12.0. The van der Waals surface area contributed by atoms with Gasteiger partial charge in [0.15, 0.2) is 0 Å². The molecule has 2 amide bonds. The normalized spacial score (nSPS) is 10.2. The highest BCUT2D eigenvalue weighted by molar-refractivity contribution is 5.96. The predicted octanol–water partition coefficient (Wildman–Crippen LogP) is 0.986. The summed E-state index contributed by atoms with van der Waals surface area (Å²) in [5, 5.41) is 11.3. The Balaban J connectivity index is 2.57. The van der Waals surface area contributed by atoms with E-state index in [2.05, 4.69) is 5.32 Å². The van der Waals surface area contributed by atoms with Crippen molar-refractivity contribution in [2.75, 3.05) is 19.6 Å². The van der Waals surface area contributed by atoms with Gasteiger partial charge in [-0.05, 0) is 18.1 Å². The first-order valence-electron chi connectivity index (χ1n) is 6.73. The van der Waals surface area contributed by atoms with E-state index in [1.165, 1.54) is 4.90 Å². The molecule has 2 N–H and O–H groups in total. The van der Waals surface area contributed by atoms with Crippen LogP contribution in [0.4, 0.5) is 0 Å². The molecule has 1 rings (SSSR count). The van der Waals surface area contributed by atoms with Crippen molar-refractivity contribution in [1.82, 2.24) is 10.2 Å². The van der Waals surface area contributed by atoms with Gasteiger partial charge < -0.3 is 15.3 Å². The van der Waals surface area contributed by atoms with Crippen LogP contribution >= 0.6 is 0 Å². The second kappa shape index (κ2) is 8.04. The molecule has 1 aromatic rings. The lowest BCUT2D eigenvalue weighted by Gasteiger charge is -2.22. The molecule has 0 aliphatic carbocycles. The molecule has 1 aromatic carbocycles. The molecule has 0 saturated carbocycles. The molecule has 0 bridgehead atoms. The van der Waals surface area contributed by atoms with E-state index in [0.29, 0.717) is 12.1 Å². The third kappa shape index (κ3) is 6.07. The molecule has 21 heavy (non-hydrogen) atoms. The molecule has 0 aromatic heterocycles. The summed E-state index contributed by atoms with van der Waals surface area (Å²) in [5.74, 6) is -1.68. The van der Waals surface area contributed by atoms with Gasteiger partial charge in [0.2, 0.25) is 5.91 Å². The maximum atomic E-state index is 12.0. The standard InChI is InChI=1S/C15H20N2O4/c1-11(2)9-17(10-14(19)20)13(18)8-16-15(21)12-6-4-3-5-7-12/h3-7,11H,8-10H2,1-2H3,(H,16,21)(H,19,20). The summed E-state index contributed by atoms with van der Waals surface area (Å²) >= 11 is 0. The van der Waals surface area contributed by atoms with Crippen molar-refractivity contribution in [1.29, 1.82) is 0 Å². The molecule has 0 aliphatic heterocycles. The molecule has 0 heterocycles. The van der Waals surface area contributed by atoms with E-state index < -0.39 is 11.9 Å². The van der Waals surface area contributed by atoms with Gasteiger partial charge in [-0.25, -0.2) is 0 Å². The van der Waals surface area contributed by atoms with Crippen LogP contribution in [0.15, 0.2) is 30.3 Å². The summed E-state index contributed by atoms with van der Waals surface area (Å²) in [6.45, 7) is 3.55. The number of carboxylic acids is 1. The van der Waals surface area contributed by atoms with E-state index in [1.54, 1.807) is 30.3 Å². The van der Waals surface area contributed by atoms with Crippen LogP contribution in [0.3, 0.4) is 0 Å². The molecule has 0 fully saturated rings. The Morgan fingerprint density at radius 2 is 1.81 bits per heavy atom.